The molecule has 2 aromatic carbocycles. The highest BCUT2D eigenvalue weighted by Crippen LogP contribution is 2.42. The molecule has 2 aliphatic heterocycles. The summed E-state index contributed by atoms with van der Waals surface area (Å²) in [6, 6.07) is 9.18. The van der Waals surface area contributed by atoms with E-state index in [1.165, 1.54) is 31.3 Å². The van der Waals surface area contributed by atoms with E-state index in [4.69, 9.17) is 14.2 Å². The van der Waals surface area contributed by atoms with Crippen molar-refractivity contribution in [1.82, 2.24) is 9.80 Å². The van der Waals surface area contributed by atoms with Crippen molar-refractivity contribution in [2.24, 2.45) is 5.92 Å². The molecule has 0 spiro atoms. The van der Waals surface area contributed by atoms with Gasteiger partial charge in [0, 0.05) is 43.4 Å². The Hall–Kier alpha value is -3.30. The van der Waals surface area contributed by atoms with Gasteiger partial charge in [0.1, 0.15) is 23.2 Å². The van der Waals surface area contributed by atoms with Gasteiger partial charge in [0.25, 0.3) is 5.91 Å². The summed E-state index contributed by atoms with van der Waals surface area (Å²) in [7, 11) is 3.00. The molecule has 2 aromatic rings. The lowest BCUT2D eigenvalue weighted by Gasteiger charge is -2.32. The van der Waals surface area contributed by atoms with Crippen LogP contribution in [0.15, 0.2) is 42.5 Å². The second-order valence-corrected chi connectivity index (χ2v) is 8.22. The van der Waals surface area contributed by atoms with Gasteiger partial charge in [-0.15, -0.1) is 0 Å². The van der Waals surface area contributed by atoms with Crippen LogP contribution in [0.4, 0.5) is 4.39 Å². The number of ketones is 2. The molecule has 2 unspecified atom stereocenters. The second-order valence-electron chi connectivity index (χ2n) is 8.22. The number of likely N-dealkylation sites (tertiary alicyclic amines) is 1. The number of rotatable bonds is 8. The SMILES string of the molecule is COc1ccc(C2C(C(=O)c3ccc(F)cc3)C(=O)C(=O)N2CCN2CCOCC2)c(OC)c1. The van der Waals surface area contributed by atoms with Crippen molar-refractivity contribution in [3.05, 3.63) is 59.4 Å². The topological polar surface area (TPSA) is 85.4 Å². The number of ether oxygens (including phenoxy) is 3. The van der Waals surface area contributed by atoms with Crippen molar-refractivity contribution < 1.29 is 33.0 Å². The molecular formula is C25H27FN2O6. The third-order valence-electron chi connectivity index (χ3n) is 6.34. The number of methoxy groups -OCH3 is 2. The van der Waals surface area contributed by atoms with Crippen molar-refractivity contribution in [3.8, 4) is 11.5 Å². The summed E-state index contributed by atoms with van der Waals surface area (Å²) in [5.74, 6) is -2.85. The first-order chi connectivity index (χ1) is 16.4. The average Bonchev–Trinajstić information content (AvgIpc) is 3.12. The van der Waals surface area contributed by atoms with Gasteiger partial charge in [-0.05, 0) is 36.4 Å². The lowest BCUT2D eigenvalue weighted by atomic mass is 9.86. The predicted molar refractivity (Wildman–Crippen MR) is 120 cm³/mol. The van der Waals surface area contributed by atoms with E-state index in [2.05, 4.69) is 4.90 Å². The highest BCUT2D eigenvalue weighted by Gasteiger charge is 2.52. The van der Waals surface area contributed by atoms with Crippen molar-refractivity contribution in [2.45, 2.75) is 6.04 Å². The highest BCUT2D eigenvalue weighted by atomic mass is 19.1. The number of amides is 1. The fourth-order valence-corrected chi connectivity index (χ4v) is 4.51. The molecule has 34 heavy (non-hydrogen) atoms. The molecule has 0 aliphatic carbocycles. The number of halogens is 1. The van der Waals surface area contributed by atoms with Crippen LogP contribution in [0.3, 0.4) is 0 Å². The predicted octanol–water partition coefficient (Wildman–Crippen LogP) is 2.13. The summed E-state index contributed by atoms with van der Waals surface area (Å²) in [6.45, 7) is 3.46. The summed E-state index contributed by atoms with van der Waals surface area (Å²) in [4.78, 5) is 43.4. The van der Waals surface area contributed by atoms with Gasteiger partial charge in [-0.2, -0.15) is 0 Å². The first-order valence-electron chi connectivity index (χ1n) is 11.1. The van der Waals surface area contributed by atoms with Crippen LogP contribution >= 0.6 is 0 Å². The van der Waals surface area contributed by atoms with E-state index in [0.717, 1.165) is 25.2 Å². The largest absolute Gasteiger partial charge is 0.497 e. The molecule has 2 fully saturated rings. The maximum Gasteiger partial charge on any atom is 0.291 e. The molecular weight excluding hydrogens is 443 g/mol. The Morgan fingerprint density at radius 1 is 1.03 bits per heavy atom. The Kier molecular flexibility index (Phi) is 7.23. The van der Waals surface area contributed by atoms with E-state index in [0.29, 0.717) is 36.8 Å². The molecule has 0 saturated carbocycles. The maximum absolute atomic E-state index is 13.5. The highest BCUT2D eigenvalue weighted by molar-refractivity contribution is 6.44. The van der Waals surface area contributed by atoms with Crippen LogP contribution in [0, 0.1) is 11.7 Å². The van der Waals surface area contributed by atoms with Crippen LogP contribution < -0.4 is 9.47 Å². The molecule has 0 bridgehead atoms. The summed E-state index contributed by atoms with van der Waals surface area (Å²) in [6.07, 6.45) is 0. The number of Topliss-reactive ketones (excluding diaryl/α,β-unsaturated/α-hetero) is 2. The third kappa shape index (κ3) is 4.67. The van der Waals surface area contributed by atoms with Crippen LogP contribution in [0.1, 0.15) is 22.0 Å². The minimum Gasteiger partial charge on any atom is -0.497 e. The summed E-state index contributed by atoms with van der Waals surface area (Å²) in [5.41, 5.74) is 0.699. The van der Waals surface area contributed by atoms with E-state index < -0.39 is 35.3 Å². The fourth-order valence-electron chi connectivity index (χ4n) is 4.51. The van der Waals surface area contributed by atoms with Gasteiger partial charge in [0.15, 0.2) is 5.78 Å². The maximum atomic E-state index is 13.5. The van der Waals surface area contributed by atoms with Crippen molar-refractivity contribution >= 4 is 17.5 Å². The van der Waals surface area contributed by atoms with Crippen molar-refractivity contribution in [3.63, 3.8) is 0 Å². The third-order valence-corrected chi connectivity index (χ3v) is 6.34. The number of morpholine rings is 1. The van der Waals surface area contributed by atoms with E-state index in [1.54, 1.807) is 18.2 Å². The van der Waals surface area contributed by atoms with Gasteiger partial charge in [-0.25, -0.2) is 4.39 Å². The Labute approximate surface area is 197 Å². The number of hydrogen-bond donors (Lipinski definition) is 0. The summed E-state index contributed by atoms with van der Waals surface area (Å²) >= 11 is 0. The first kappa shape index (κ1) is 23.8. The monoisotopic (exact) mass is 470 g/mol. The molecule has 0 aromatic heterocycles. The molecule has 180 valence electrons. The van der Waals surface area contributed by atoms with E-state index in [-0.39, 0.29) is 12.1 Å². The van der Waals surface area contributed by atoms with Crippen molar-refractivity contribution in [1.29, 1.82) is 0 Å². The number of hydrogen-bond acceptors (Lipinski definition) is 7. The fraction of sp³-hybridized carbons (Fsp3) is 0.400. The van der Waals surface area contributed by atoms with Crippen LogP contribution in [0.2, 0.25) is 0 Å². The summed E-state index contributed by atoms with van der Waals surface area (Å²) in [5, 5.41) is 0. The number of carbonyl (C=O) groups is 3. The van der Waals surface area contributed by atoms with Gasteiger partial charge in [0.05, 0.1) is 33.5 Å². The lowest BCUT2D eigenvalue weighted by molar-refractivity contribution is -0.141. The number of carbonyl (C=O) groups excluding carboxylic acids is 3. The van der Waals surface area contributed by atoms with E-state index >= 15 is 0 Å². The summed E-state index contributed by atoms with van der Waals surface area (Å²) < 4.78 is 29.6. The van der Waals surface area contributed by atoms with Crippen LogP contribution in [-0.4, -0.2) is 80.9 Å². The van der Waals surface area contributed by atoms with Gasteiger partial charge in [-0.3, -0.25) is 19.3 Å². The smallest absolute Gasteiger partial charge is 0.291 e. The Bertz CT molecular complexity index is 1070. The zero-order chi connectivity index (χ0) is 24.2. The Morgan fingerprint density at radius 3 is 2.38 bits per heavy atom. The van der Waals surface area contributed by atoms with Crippen molar-refractivity contribution in [2.75, 3.05) is 53.6 Å². The molecule has 4 rings (SSSR count). The molecule has 2 aliphatic rings. The Morgan fingerprint density at radius 2 is 1.74 bits per heavy atom. The minimum absolute atomic E-state index is 0.167. The van der Waals surface area contributed by atoms with Crippen LogP contribution in [-0.2, 0) is 14.3 Å². The van der Waals surface area contributed by atoms with Crippen LogP contribution in [0.5, 0.6) is 11.5 Å². The molecule has 8 nitrogen and oxygen atoms in total. The normalized spacial score (nSPS) is 21.1. The molecule has 1 amide bonds. The Balaban J connectivity index is 1.73. The average molecular weight is 470 g/mol. The van der Waals surface area contributed by atoms with E-state index in [9.17, 15) is 18.8 Å². The second kappa shape index (κ2) is 10.3. The molecule has 0 radical (unpaired) electrons. The minimum atomic E-state index is -1.27. The number of nitrogens with zero attached hydrogens (tertiary/aromatic N) is 2. The standard InChI is InChI=1S/C25H27FN2O6/c1-32-18-7-8-19(20(15-18)33-2)22-21(23(29)16-3-5-17(26)6-4-16)24(30)25(31)28(22)10-9-27-11-13-34-14-12-27/h3-8,15,21-22H,9-14H2,1-2H3. The molecule has 2 atom stereocenters. The lowest BCUT2D eigenvalue weighted by Crippen LogP contribution is -2.43. The molecule has 2 heterocycles. The van der Waals surface area contributed by atoms with Crippen LogP contribution in [0.25, 0.3) is 0 Å². The van der Waals surface area contributed by atoms with Gasteiger partial charge in [-0.1, -0.05) is 0 Å². The quantitative estimate of drug-likeness (QED) is 0.332. The first-order valence-corrected chi connectivity index (χ1v) is 11.1. The number of benzene rings is 2. The molecule has 2 saturated heterocycles. The van der Waals surface area contributed by atoms with Gasteiger partial charge < -0.3 is 19.1 Å². The zero-order valence-electron chi connectivity index (χ0n) is 19.2. The van der Waals surface area contributed by atoms with Gasteiger partial charge in [0.2, 0.25) is 5.78 Å². The molecule has 9 heteroatoms. The zero-order valence-corrected chi connectivity index (χ0v) is 19.2. The molecule has 0 N–H and O–H groups in total. The van der Waals surface area contributed by atoms with E-state index in [1.807, 2.05) is 0 Å². The van der Waals surface area contributed by atoms with Gasteiger partial charge >= 0.3 is 0 Å².